The number of fused-ring (bicyclic) bond motifs is 1. The summed E-state index contributed by atoms with van der Waals surface area (Å²) in [5.41, 5.74) is 2.58. The van der Waals surface area contributed by atoms with Crippen LogP contribution in [0.1, 0.15) is 62.6 Å². The number of aryl methyl sites for hydroxylation is 2. The molecule has 1 aromatic rings. The largest absolute Gasteiger partial charge is 0.364 e. The zero-order chi connectivity index (χ0) is 10.3. The van der Waals surface area contributed by atoms with Crippen LogP contribution in [0.3, 0.4) is 0 Å². The third-order valence-electron chi connectivity index (χ3n) is 3.34. The van der Waals surface area contributed by atoms with E-state index < -0.39 is 0 Å². The van der Waals surface area contributed by atoms with E-state index in [1.165, 1.54) is 69.0 Å². The Balaban J connectivity index is 1.92. The molecule has 1 heterocycles. The summed E-state index contributed by atoms with van der Waals surface area (Å²) in [4.78, 5) is 0. The van der Waals surface area contributed by atoms with Crippen LogP contribution in [0, 0.1) is 0 Å². The van der Waals surface area contributed by atoms with Gasteiger partial charge in [0, 0.05) is 5.56 Å². The van der Waals surface area contributed by atoms with E-state index in [4.69, 9.17) is 4.52 Å². The van der Waals surface area contributed by atoms with Crippen LogP contribution in [0.5, 0.6) is 0 Å². The quantitative estimate of drug-likeness (QED) is 0.645. The molecule has 84 valence electrons. The van der Waals surface area contributed by atoms with E-state index in [1.54, 1.807) is 0 Å². The number of hydrogen-bond acceptors (Lipinski definition) is 2. The molecule has 0 spiro atoms. The molecular weight excluding hydrogens is 186 g/mol. The first-order chi connectivity index (χ1) is 7.47. The minimum atomic E-state index is 1.12. The molecule has 0 amide bonds. The Kier molecular flexibility index (Phi) is 4.24. The van der Waals surface area contributed by atoms with Crippen molar-refractivity contribution in [2.75, 3.05) is 0 Å². The lowest BCUT2D eigenvalue weighted by molar-refractivity contribution is 0.409. The standard InChI is InChI=1S/C13H21NO/c1-2-4-6-8-10-13-12(11-15-14-13)9-7-5-3-1/h11H,1-10H2. The topological polar surface area (TPSA) is 26.0 Å². The fraction of sp³-hybridized carbons (Fsp3) is 0.769. The summed E-state index contributed by atoms with van der Waals surface area (Å²) in [5.74, 6) is 0. The lowest BCUT2D eigenvalue weighted by Crippen LogP contribution is -1.95. The molecule has 0 N–H and O–H groups in total. The summed E-state index contributed by atoms with van der Waals surface area (Å²) < 4.78 is 5.07. The molecule has 0 unspecified atom stereocenters. The van der Waals surface area contributed by atoms with Gasteiger partial charge in [-0.2, -0.15) is 0 Å². The molecule has 15 heavy (non-hydrogen) atoms. The van der Waals surface area contributed by atoms with E-state index in [0.717, 1.165) is 6.42 Å². The zero-order valence-electron chi connectivity index (χ0n) is 9.50. The molecule has 0 atom stereocenters. The van der Waals surface area contributed by atoms with Crippen molar-refractivity contribution < 1.29 is 4.52 Å². The second-order valence-electron chi connectivity index (χ2n) is 4.61. The molecule has 2 heteroatoms. The average Bonchev–Trinajstić information content (AvgIpc) is 2.65. The maximum Gasteiger partial charge on any atom is 0.127 e. The Labute approximate surface area is 92.0 Å². The van der Waals surface area contributed by atoms with Gasteiger partial charge in [-0.1, -0.05) is 43.7 Å². The fourth-order valence-electron chi connectivity index (χ4n) is 2.36. The van der Waals surface area contributed by atoms with Crippen LogP contribution in [0.25, 0.3) is 0 Å². The average molecular weight is 207 g/mol. The van der Waals surface area contributed by atoms with Crippen LogP contribution >= 0.6 is 0 Å². The van der Waals surface area contributed by atoms with Crippen molar-refractivity contribution in [3.05, 3.63) is 17.5 Å². The van der Waals surface area contributed by atoms with E-state index in [9.17, 15) is 0 Å². The lowest BCUT2D eigenvalue weighted by Gasteiger charge is -2.05. The normalized spacial score (nSPS) is 20.0. The van der Waals surface area contributed by atoms with Crippen LogP contribution < -0.4 is 0 Å². The summed E-state index contributed by atoms with van der Waals surface area (Å²) in [6.07, 6.45) is 15.1. The monoisotopic (exact) mass is 207 g/mol. The molecule has 2 rings (SSSR count). The molecule has 0 bridgehead atoms. The van der Waals surface area contributed by atoms with Gasteiger partial charge in [0.2, 0.25) is 0 Å². The first-order valence-corrected chi connectivity index (χ1v) is 6.39. The van der Waals surface area contributed by atoms with Gasteiger partial charge >= 0.3 is 0 Å². The first kappa shape index (κ1) is 10.7. The van der Waals surface area contributed by atoms with Crippen LogP contribution in [-0.2, 0) is 12.8 Å². The summed E-state index contributed by atoms with van der Waals surface area (Å²) in [7, 11) is 0. The second-order valence-corrected chi connectivity index (χ2v) is 4.61. The zero-order valence-corrected chi connectivity index (χ0v) is 9.50. The highest BCUT2D eigenvalue weighted by Gasteiger charge is 2.07. The van der Waals surface area contributed by atoms with Crippen LogP contribution in [0.15, 0.2) is 10.8 Å². The molecule has 0 aliphatic heterocycles. The molecule has 0 aromatic carbocycles. The number of aromatic nitrogens is 1. The molecule has 1 aliphatic rings. The molecule has 0 radical (unpaired) electrons. The van der Waals surface area contributed by atoms with E-state index in [2.05, 4.69) is 5.16 Å². The van der Waals surface area contributed by atoms with Crippen molar-refractivity contribution in [1.82, 2.24) is 5.16 Å². The summed E-state index contributed by atoms with van der Waals surface area (Å²) in [6, 6.07) is 0. The maximum absolute atomic E-state index is 5.07. The molecule has 0 saturated carbocycles. The summed E-state index contributed by atoms with van der Waals surface area (Å²) in [6.45, 7) is 0. The Hall–Kier alpha value is -0.790. The number of rotatable bonds is 0. The predicted molar refractivity (Wildman–Crippen MR) is 60.8 cm³/mol. The lowest BCUT2D eigenvalue weighted by atomic mass is 10.00. The van der Waals surface area contributed by atoms with Crippen molar-refractivity contribution in [1.29, 1.82) is 0 Å². The smallest absolute Gasteiger partial charge is 0.127 e. The van der Waals surface area contributed by atoms with E-state index >= 15 is 0 Å². The number of hydrogen-bond donors (Lipinski definition) is 0. The third-order valence-corrected chi connectivity index (χ3v) is 3.34. The highest BCUT2D eigenvalue weighted by molar-refractivity contribution is 5.14. The van der Waals surface area contributed by atoms with Crippen molar-refractivity contribution in [3.8, 4) is 0 Å². The number of nitrogens with zero attached hydrogens (tertiary/aromatic N) is 1. The Bertz CT molecular complexity index is 253. The molecule has 2 nitrogen and oxygen atoms in total. The third kappa shape index (κ3) is 3.37. The molecule has 0 fully saturated rings. The van der Waals surface area contributed by atoms with Crippen LogP contribution in [0.2, 0.25) is 0 Å². The molecule has 1 aromatic heterocycles. The van der Waals surface area contributed by atoms with Gasteiger partial charge in [-0.15, -0.1) is 0 Å². The summed E-state index contributed by atoms with van der Waals surface area (Å²) in [5, 5.41) is 4.11. The summed E-state index contributed by atoms with van der Waals surface area (Å²) >= 11 is 0. The van der Waals surface area contributed by atoms with Gasteiger partial charge in [-0.05, 0) is 25.7 Å². The van der Waals surface area contributed by atoms with E-state index in [1.807, 2.05) is 6.26 Å². The Morgan fingerprint density at radius 1 is 0.800 bits per heavy atom. The van der Waals surface area contributed by atoms with Gasteiger partial charge in [-0.3, -0.25) is 0 Å². The SMILES string of the molecule is c1onc2c1CCCCCCCCCC2. The molecular formula is C13H21NO. The van der Waals surface area contributed by atoms with E-state index in [-0.39, 0.29) is 0 Å². The Morgan fingerprint density at radius 3 is 2.13 bits per heavy atom. The van der Waals surface area contributed by atoms with Crippen molar-refractivity contribution in [2.45, 2.75) is 64.2 Å². The van der Waals surface area contributed by atoms with Crippen molar-refractivity contribution >= 4 is 0 Å². The molecule has 0 saturated heterocycles. The van der Waals surface area contributed by atoms with Crippen molar-refractivity contribution in [3.63, 3.8) is 0 Å². The minimum Gasteiger partial charge on any atom is -0.364 e. The molecule has 1 aliphatic carbocycles. The highest BCUT2D eigenvalue weighted by Crippen LogP contribution is 2.17. The highest BCUT2D eigenvalue weighted by atomic mass is 16.5. The van der Waals surface area contributed by atoms with Gasteiger partial charge in [0.05, 0.1) is 5.69 Å². The van der Waals surface area contributed by atoms with Crippen molar-refractivity contribution in [2.24, 2.45) is 0 Å². The van der Waals surface area contributed by atoms with Crippen LogP contribution in [-0.4, -0.2) is 5.16 Å². The minimum absolute atomic E-state index is 1.12. The first-order valence-electron chi connectivity index (χ1n) is 6.39. The second kappa shape index (κ2) is 5.94. The maximum atomic E-state index is 5.07. The van der Waals surface area contributed by atoms with Gasteiger partial charge in [0.1, 0.15) is 6.26 Å². The van der Waals surface area contributed by atoms with Gasteiger partial charge in [0.15, 0.2) is 0 Å². The van der Waals surface area contributed by atoms with E-state index in [0.29, 0.717) is 0 Å². The van der Waals surface area contributed by atoms with Crippen LogP contribution in [0.4, 0.5) is 0 Å². The predicted octanol–water partition coefficient (Wildman–Crippen LogP) is 3.89. The van der Waals surface area contributed by atoms with Gasteiger partial charge in [-0.25, -0.2) is 0 Å². The Morgan fingerprint density at radius 2 is 1.40 bits per heavy atom. The fourth-order valence-corrected chi connectivity index (χ4v) is 2.36. The van der Waals surface area contributed by atoms with Gasteiger partial charge < -0.3 is 4.52 Å². The van der Waals surface area contributed by atoms with Gasteiger partial charge in [0.25, 0.3) is 0 Å².